The lowest BCUT2D eigenvalue weighted by Gasteiger charge is -2.24. The molecule has 1 saturated carbocycles. The molecule has 1 aromatic heterocycles. The molecule has 0 radical (unpaired) electrons. The summed E-state index contributed by atoms with van der Waals surface area (Å²) in [6, 6.07) is 8.93. The van der Waals surface area contributed by atoms with Gasteiger partial charge in [0.05, 0.1) is 6.20 Å². The second kappa shape index (κ2) is 7.40. The summed E-state index contributed by atoms with van der Waals surface area (Å²) in [7, 11) is 0. The summed E-state index contributed by atoms with van der Waals surface area (Å²) in [4.78, 5) is 6.85. The predicted octanol–water partition coefficient (Wildman–Crippen LogP) is 4.08. The van der Waals surface area contributed by atoms with Crippen molar-refractivity contribution in [3.8, 4) is 0 Å². The molecule has 5 nitrogen and oxygen atoms in total. The molecule has 1 heterocycles. The molecule has 3 rings (SSSR count). The molecule has 0 amide bonds. The lowest BCUT2D eigenvalue weighted by molar-refractivity contribution is 0.460. The number of anilines is 3. The van der Waals surface area contributed by atoms with Gasteiger partial charge in [-0.1, -0.05) is 31.4 Å². The number of hydrogen-bond donors (Lipinski definition) is 1. The van der Waals surface area contributed by atoms with Crippen LogP contribution >= 0.6 is 0 Å². The highest BCUT2D eigenvalue weighted by Gasteiger charge is 2.16. The molecular formula is C18H25N5. The van der Waals surface area contributed by atoms with E-state index >= 15 is 0 Å². The maximum Gasteiger partial charge on any atom is 0.244 e. The van der Waals surface area contributed by atoms with E-state index in [-0.39, 0.29) is 0 Å². The zero-order chi connectivity index (χ0) is 16.1. The minimum Gasteiger partial charge on any atom is -0.350 e. The third-order valence-electron chi connectivity index (χ3n) is 4.39. The first-order chi connectivity index (χ1) is 11.3. The molecule has 0 spiro atoms. The lowest BCUT2D eigenvalue weighted by Crippen LogP contribution is -2.25. The molecule has 1 aliphatic rings. The summed E-state index contributed by atoms with van der Waals surface area (Å²) >= 11 is 0. The quantitative estimate of drug-likeness (QED) is 0.901. The Morgan fingerprint density at radius 1 is 1.22 bits per heavy atom. The average Bonchev–Trinajstić information content (AvgIpc) is 2.57. The summed E-state index contributed by atoms with van der Waals surface area (Å²) < 4.78 is 0. The van der Waals surface area contributed by atoms with E-state index in [1.165, 1.54) is 37.7 Å². The molecule has 2 aromatic rings. The average molecular weight is 311 g/mol. The lowest BCUT2D eigenvalue weighted by atomic mass is 9.96. The predicted molar refractivity (Wildman–Crippen MR) is 94.2 cm³/mol. The van der Waals surface area contributed by atoms with Crippen LogP contribution in [0.3, 0.4) is 0 Å². The van der Waals surface area contributed by atoms with Crippen molar-refractivity contribution in [3.05, 3.63) is 36.0 Å². The Hall–Kier alpha value is -2.17. The first-order valence-electron chi connectivity index (χ1n) is 8.56. The minimum atomic E-state index is 0.481. The number of hydrogen-bond acceptors (Lipinski definition) is 5. The summed E-state index contributed by atoms with van der Waals surface area (Å²) in [5.41, 5.74) is 2.38. The second-order valence-electron chi connectivity index (χ2n) is 6.20. The topological polar surface area (TPSA) is 53.9 Å². The molecular weight excluding hydrogens is 286 g/mol. The Bertz CT molecular complexity index is 637. The van der Waals surface area contributed by atoms with E-state index in [0.717, 1.165) is 18.1 Å². The molecule has 0 unspecified atom stereocenters. The third kappa shape index (κ3) is 3.97. The van der Waals surface area contributed by atoms with E-state index in [4.69, 9.17) is 0 Å². The van der Waals surface area contributed by atoms with E-state index in [1.54, 1.807) is 6.20 Å². The van der Waals surface area contributed by atoms with Crippen molar-refractivity contribution in [1.82, 2.24) is 15.2 Å². The van der Waals surface area contributed by atoms with Gasteiger partial charge in [0.25, 0.3) is 0 Å². The van der Waals surface area contributed by atoms with Gasteiger partial charge in [0.1, 0.15) is 0 Å². The first kappa shape index (κ1) is 15.7. The van der Waals surface area contributed by atoms with E-state index in [1.807, 2.05) is 0 Å². The molecule has 0 atom stereocenters. The maximum atomic E-state index is 4.69. The number of rotatable bonds is 5. The van der Waals surface area contributed by atoms with Gasteiger partial charge in [0.2, 0.25) is 5.95 Å². The maximum absolute atomic E-state index is 4.69. The number of aromatic nitrogens is 3. The van der Waals surface area contributed by atoms with Crippen LogP contribution in [0.1, 0.15) is 44.6 Å². The Balaban J connectivity index is 1.79. The van der Waals surface area contributed by atoms with Crippen LogP contribution in [0.5, 0.6) is 0 Å². The SMILES string of the molecule is CCN(c1cccc(C)c1)c1cnnc(NC2CCCCC2)n1. The van der Waals surface area contributed by atoms with Crippen molar-refractivity contribution in [1.29, 1.82) is 0 Å². The number of aryl methyl sites for hydroxylation is 1. The minimum absolute atomic E-state index is 0.481. The van der Waals surface area contributed by atoms with Crippen molar-refractivity contribution in [3.63, 3.8) is 0 Å². The van der Waals surface area contributed by atoms with Crippen molar-refractivity contribution < 1.29 is 0 Å². The van der Waals surface area contributed by atoms with Crippen LogP contribution in [0.25, 0.3) is 0 Å². The first-order valence-corrected chi connectivity index (χ1v) is 8.56. The van der Waals surface area contributed by atoms with Gasteiger partial charge in [-0.05, 0) is 44.4 Å². The summed E-state index contributed by atoms with van der Waals surface area (Å²) in [6.07, 6.45) is 8.04. The molecule has 5 heteroatoms. The number of benzene rings is 1. The van der Waals surface area contributed by atoms with Crippen LogP contribution in [0.2, 0.25) is 0 Å². The van der Waals surface area contributed by atoms with Gasteiger partial charge in [0, 0.05) is 18.3 Å². The zero-order valence-corrected chi connectivity index (χ0v) is 14.0. The molecule has 1 N–H and O–H groups in total. The second-order valence-corrected chi connectivity index (χ2v) is 6.20. The Morgan fingerprint density at radius 2 is 2.04 bits per heavy atom. The smallest absolute Gasteiger partial charge is 0.244 e. The highest BCUT2D eigenvalue weighted by atomic mass is 15.3. The standard InChI is InChI=1S/C18H25N5/c1-3-23(16-11-7-8-14(2)12-16)17-13-19-22-18(21-17)20-15-9-5-4-6-10-15/h7-8,11-13,15H,3-6,9-10H2,1-2H3,(H,20,21,22). The Labute approximate surface area is 138 Å². The molecule has 122 valence electrons. The molecule has 1 aliphatic carbocycles. The van der Waals surface area contributed by atoms with Gasteiger partial charge < -0.3 is 10.2 Å². The summed E-state index contributed by atoms with van der Waals surface area (Å²) in [5, 5.41) is 11.8. The monoisotopic (exact) mass is 311 g/mol. The molecule has 0 aliphatic heterocycles. The van der Waals surface area contributed by atoms with Crippen LogP contribution in [0.4, 0.5) is 17.5 Å². The number of nitrogens with one attached hydrogen (secondary N) is 1. The number of nitrogens with zero attached hydrogens (tertiary/aromatic N) is 4. The molecule has 1 aromatic carbocycles. The van der Waals surface area contributed by atoms with Crippen LogP contribution in [0, 0.1) is 6.92 Å². The van der Waals surface area contributed by atoms with Crippen molar-refractivity contribution in [2.75, 3.05) is 16.8 Å². The summed E-state index contributed by atoms with van der Waals surface area (Å²) in [5.74, 6) is 1.48. The van der Waals surface area contributed by atoms with Gasteiger partial charge in [0.15, 0.2) is 5.82 Å². The fourth-order valence-corrected chi connectivity index (χ4v) is 3.19. The van der Waals surface area contributed by atoms with E-state index < -0.39 is 0 Å². The largest absolute Gasteiger partial charge is 0.350 e. The molecule has 23 heavy (non-hydrogen) atoms. The molecule has 0 saturated heterocycles. The fourth-order valence-electron chi connectivity index (χ4n) is 3.19. The fraction of sp³-hybridized carbons (Fsp3) is 0.500. The van der Waals surface area contributed by atoms with Gasteiger partial charge in [-0.25, -0.2) is 0 Å². The van der Waals surface area contributed by atoms with Crippen LogP contribution in [-0.2, 0) is 0 Å². The Kier molecular flexibility index (Phi) is 5.05. The van der Waals surface area contributed by atoms with E-state index in [9.17, 15) is 0 Å². The van der Waals surface area contributed by atoms with Crippen molar-refractivity contribution in [2.24, 2.45) is 0 Å². The Morgan fingerprint density at radius 3 is 2.78 bits per heavy atom. The van der Waals surface area contributed by atoms with Gasteiger partial charge in [-0.2, -0.15) is 10.1 Å². The van der Waals surface area contributed by atoms with Gasteiger partial charge in [-0.15, -0.1) is 5.10 Å². The highest BCUT2D eigenvalue weighted by molar-refractivity contribution is 5.60. The van der Waals surface area contributed by atoms with Crippen molar-refractivity contribution >= 4 is 17.5 Å². The van der Waals surface area contributed by atoms with Crippen molar-refractivity contribution in [2.45, 2.75) is 52.0 Å². The third-order valence-corrected chi connectivity index (χ3v) is 4.39. The van der Waals surface area contributed by atoms with Gasteiger partial charge in [-0.3, -0.25) is 0 Å². The highest BCUT2D eigenvalue weighted by Crippen LogP contribution is 2.25. The van der Waals surface area contributed by atoms with Crippen LogP contribution < -0.4 is 10.2 Å². The van der Waals surface area contributed by atoms with E-state index in [0.29, 0.717) is 12.0 Å². The van der Waals surface area contributed by atoms with Gasteiger partial charge >= 0.3 is 0 Å². The zero-order valence-electron chi connectivity index (χ0n) is 14.0. The molecule has 1 fully saturated rings. The van der Waals surface area contributed by atoms with Crippen LogP contribution in [-0.4, -0.2) is 27.8 Å². The normalized spacial score (nSPS) is 15.4. The van der Waals surface area contributed by atoms with Crippen LogP contribution in [0.15, 0.2) is 30.5 Å². The van der Waals surface area contributed by atoms with E-state index in [2.05, 4.69) is 63.5 Å². The summed E-state index contributed by atoms with van der Waals surface area (Å²) in [6.45, 7) is 5.06. The molecule has 0 bridgehead atoms.